The zero-order chi connectivity index (χ0) is 22.3. The topological polar surface area (TPSA) is 88.1 Å². The van der Waals surface area contributed by atoms with Gasteiger partial charge in [-0.2, -0.15) is 4.98 Å². The minimum absolute atomic E-state index is 0.0740. The molecule has 4 rings (SSSR count). The van der Waals surface area contributed by atoms with E-state index in [1.165, 1.54) is 11.8 Å². The molecule has 1 unspecified atom stereocenters. The number of thioether (sulfide) groups is 1. The molecular formula is C23H25N5O3S. The molecule has 32 heavy (non-hydrogen) atoms. The van der Waals surface area contributed by atoms with Crippen LogP contribution in [0, 0.1) is 0 Å². The molecule has 0 spiro atoms. The van der Waals surface area contributed by atoms with Gasteiger partial charge in [0.2, 0.25) is 5.89 Å². The molecule has 2 aromatic carbocycles. The van der Waals surface area contributed by atoms with Gasteiger partial charge < -0.3 is 14.0 Å². The summed E-state index contributed by atoms with van der Waals surface area (Å²) in [5, 5.41) is 13.5. The van der Waals surface area contributed by atoms with Gasteiger partial charge in [0.15, 0.2) is 16.8 Å². The van der Waals surface area contributed by atoms with Crippen LogP contribution in [0.3, 0.4) is 0 Å². The first-order valence-corrected chi connectivity index (χ1v) is 11.3. The molecule has 8 nitrogen and oxygen atoms in total. The van der Waals surface area contributed by atoms with Crippen LogP contribution in [0.15, 0.2) is 64.3 Å². The van der Waals surface area contributed by atoms with Crippen molar-refractivity contribution in [2.75, 3.05) is 7.11 Å². The Kier molecular flexibility index (Phi) is 7.06. The number of aromatic nitrogens is 5. The molecule has 9 heteroatoms. The average molecular weight is 452 g/mol. The second-order valence-corrected chi connectivity index (χ2v) is 8.40. The second kappa shape index (κ2) is 10.3. The maximum atomic E-state index is 5.96. The van der Waals surface area contributed by atoms with E-state index >= 15 is 0 Å². The molecule has 2 aromatic heterocycles. The fourth-order valence-corrected chi connectivity index (χ4v) is 4.01. The van der Waals surface area contributed by atoms with Gasteiger partial charge in [-0.3, -0.25) is 4.57 Å². The van der Waals surface area contributed by atoms with E-state index in [0.29, 0.717) is 11.7 Å². The molecule has 0 aliphatic carbocycles. The highest BCUT2D eigenvalue weighted by molar-refractivity contribution is 7.99. The third-order valence-electron chi connectivity index (χ3n) is 4.73. The van der Waals surface area contributed by atoms with Crippen molar-refractivity contribution >= 4 is 11.8 Å². The maximum Gasteiger partial charge on any atom is 0.239 e. The van der Waals surface area contributed by atoms with Crippen LogP contribution in [0.2, 0.25) is 0 Å². The van der Waals surface area contributed by atoms with E-state index in [0.717, 1.165) is 41.0 Å². The monoisotopic (exact) mass is 451 g/mol. The Morgan fingerprint density at radius 3 is 2.50 bits per heavy atom. The minimum atomic E-state index is -0.0740. The summed E-state index contributed by atoms with van der Waals surface area (Å²) in [6.45, 7) is 4.38. The van der Waals surface area contributed by atoms with Crippen LogP contribution in [0.1, 0.15) is 43.1 Å². The van der Waals surface area contributed by atoms with Gasteiger partial charge in [-0.05, 0) is 49.7 Å². The first-order chi connectivity index (χ1) is 15.7. The number of rotatable bonds is 10. The van der Waals surface area contributed by atoms with Gasteiger partial charge in [0.25, 0.3) is 0 Å². The largest absolute Gasteiger partial charge is 0.497 e. The van der Waals surface area contributed by atoms with Gasteiger partial charge >= 0.3 is 0 Å². The molecule has 4 aromatic rings. The molecular weight excluding hydrogens is 426 g/mol. The predicted octanol–water partition coefficient (Wildman–Crippen LogP) is 5.04. The Hall–Kier alpha value is -3.33. The number of hydrogen-bond acceptors (Lipinski definition) is 8. The van der Waals surface area contributed by atoms with Crippen molar-refractivity contribution in [3.63, 3.8) is 0 Å². The van der Waals surface area contributed by atoms with Crippen LogP contribution < -0.4 is 9.47 Å². The summed E-state index contributed by atoms with van der Waals surface area (Å²) in [7, 11) is 1.64. The summed E-state index contributed by atoms with van der Waals surface area (Å²) < 4.78 is 18.6. The number of para-hydroxylation sites is 1. The third kappa shape index (κ3) is 5.11. The normalized spacial score (nSPS) is 12.0. The number of ether oxygens (including phenoxy) is 2. The van der Waals surface area contributed by atoms with E-state index in [2.05, 4.69) is 27.3 Å². The van der Waals surface area contributed by atoms with Crippen molar-refractivity contribution in [1.29, 1.82) is 0 Å². The van der Waals surface area contributed by atoms with E-state index in [9.17, 15) is 0 Å². The molecule has 0 radical (unpaired) electrons. The number of benzene rings is 2. The van der Waals surface area contributed by atoms with Gasteiger partial charge in [-0.1, -0.05) is 42.0 Å². The molecule has 166 valence electrons. The van der Waals surface area contributed by atoms with Crippen LogP contribution in [-0.2, 0) is 13.0 Å². The lowest BCUT2D eigenvalue weighted by molar-refractivity contribution is 0.292. The van der Waals surface area contributed by atoms with Gasteiger partial charge in [-0.25, -0.2) is 0 Å². The maximum absolute atomic E-state index is 5.96. The van der Waals surface area contributed by atoms with Crippen molar-refractivity contribution in [2.24, 2.45) is 0 Å². The molecule has 0 aliphatic heterocycles. The zero-order valence-corrected chi connectivity index (χ0v) is 19.1. The summed E-state index contributed by atoms with van der Waals surface area (Å²) in [6, 6.07) is 17.4. The predicted molar refractivity (Wildman–Crippen MR) is 121 cm³/mol. The Morgan fingerprint density at radius 2 is 1.78 bits per heavy atom. The van der Waals surface area contributed by atoms with Gasteiger partial charge in [0, 0.05) is 12.1 Å². The Labute approximate surface area is 191 Å². The third-order valence-corrected chi connectivity index (χ3v) is 5.76. The summed E-state index contributed by atoms with van der Waals surface area (Å²) in [5.41, 5.74) is 0.956. The van der Waals surface area contributed by atoms with Crippen LogP contribution >= 0.6 is 11.8 Å². The molecule has 0 bridgehead atoms. The first-order valence-electron chi connectivity index (χ1n) is 10.4. The van der Waals surface area contributed by atoms with Crippen molar-refractivity contribution in [3.8, 4) is 17.2 Å². The molecule has 0 saturated heterocycles. The van der Waals surface area contributed by atoms with E-state index in [1.807, 2.05) is 66.1 Å². The fourth-order valence-electron chi connectivity index (χ4n) is 3.09. The minimum Gasteiger partial charge on any atom is -0.497 e. The molecule has 0 saturated carbocycles. The average Bonchev–Trinajstić information content (AvgIpc) is 3.46. The van der Waals surface area contributed by atoms with Crippen LogP contribution in [-0.4, -0.2) is 32.0 Å². The number of aryl methyl sites for hydroxylation is 1. The summed E-state index contributed by atoms with van der Waals surface area (Å²) in [5.74, 6) is 3.51. The molecule has 0 fully saturated rings. The Bertz CT molecular complexity index is 1130. The number of hydrogen-bond donors (Lipinski definition) is 0. The van der Waals surface area contributed by atoms with Crippen molar-refractivity contribution in [2.45, 2.75) is 43.7 Å². The molecule has 0 aliphatic rings. The van der Waals surface area contributed by atoms with Gasteiger partial charge in [0.05, 0.1) is 12.4 Å². The Morgan fingerprint density at radius 1 is 1.03 bits per heavy atom. The van der Waals surface area contributed by atoms with Crippen molar-refractivity contribution in [1.82, 2.24) is 24.9 Å². The molecule has 1 atom stereocenters. The van der Waals surface area contributed by atoms with E-state index in [-0.39, 0.29) is 11.9 Å². The molecule has 0 N–H and O–H groups in total. The highest BCUT2D eigenvalue weighted by Crippen LogP contribution is 2.34. The first kappa shape index (κ1) is 21.9. The highest BCUT2D eigenvalue weighted by atomic mass is 32.2. The van der Waals surface area contributed by atoms with E-state index in [1.54, 1.807) is 7.11 Å². The standard InChI is InChI=1S/C23H25N5O3S/c1-4-8-20-24-22(31-27-20)16(2)32-23-26-25-21(28(23)17-9-6-5-7-10-17)15-30-19-13-11-18(29-3)12-14-19/h5-7,9-14,16H,4,8,15H2,1-3H3. The number of nitrogens with zero attached hydrogens (tertiary/aromatic N) is 5. The highest BCUT2D eigenvalue weighted by Gasteiger charge is 2.22. The van der Waals surface area contributed by atoms with E-state index in [4.69, 9.17) is 14.0 Å². The zero-order valence-electron chi connectivity index (χ0n) is 18.3. The van der Waals surface area contributed by atoms with Gasteiger partial charge in [-0.15, -0.1) is 10.2 Å². The number of methoxy groups -OCH3 is 1. The summed E-state index contributed by atoms with van der Waals surface area (Å²) in [4.78, 5) is 4.50. The quantitative estimate of drug-likeness (QED) is 0.310. The van der Waals surface area contributed by atoms with Crippen LogP contribution in [0.4, 0.5) is 0 Å². The Balaban J connectivity index is 1.56. The van der Waals surface area contributed by atoms with Gasteiger partial charge in [0.1, 0.15) is 18.1 Å². The lowest BCUT2D eigenvalue weighted by atomic mass is 10.3. The molecule has 0 amide bonds. The second-order valence-electron chi connectivity index (χ2n) is 7.09. The van der Waals surface area contributed by atoms with Crippen molar-refractivity contribution in [3.05, 3.63) is 72.1 Å². The van der Waals surface area contributed by atoms with Crippen LogP contribution in [0.5, 0.6) is 11.5 Å². The summed E-state index contributed by atoms with van der Waals surface area (Å²) in [6.07, 6.45) is 1.77. The SMILES string of the molecule is CCCc1noc(C(C)Sc2nnc(COc3ccc(OC)cc3)n2-c2ccccc2)n1. The smallest absolute Gasteiger partial charge is 0.239 e. The lowest BCUT2D eigenvalue weighted by Gasteiger charge is -2.12. The summed E-state index contributed by atoms with van der Waals surface area (Å²) >= 11 is 1.52. The molecule has 2 heterocycles. The fraction of sp³-hybridized carbons (Fsp3) is 0.304. The van der Waals surface area contributed by atoms with Crippen LogP contribution in [0.25, 0.3) is 5.69 Å². The lowest BCUT2D eigenvalue weighted by Crippen LogP contribution is -2.07. The van der Waals surface area contributed by atoms with E-state index < -0.39 is 0 Å². The van der Waals surface area contributed by atoms with Crippen molar-refractivity contribution < 1.29 is 14.0 Å².